The second-order valence-corrected chi connectivity index (χ2v) is 6.26. The van der Waals surface area contributed by atoms with E-state index in [-0.39, 0.29) is 17.5 Å². The highest BCUT2D eigenvalue weighted by atomic mass is 16.3. The molecular formula is C17H22N2O2. The number of hydrogen-bond acceptors (Lipinski definition) is 3. The molecule has 4 heteroatoms. The van der Waals surface area contributed by atoms with Gasteiger partial charge in [-0.2, -0.15) is 0 Å². The van der Waals surface area contributed by atoms with E-state index < -0.39 is 0 Å². The van der Waals surface area contributed by atoms with Crippen LogP contribution < -0.4 is 5.73 Å². The topological polar surface area (TPSA) is 59.5 Å². The number of nitrogens with two attached hydrogens (primary N) is 1. The van der Waals surface area contributed by atoms with Crippen LogP contribution in [-0.2, 0) is 4.79 Å². The molecule has 1 unspecified atom stereocenters. The molecule has 0 bridgehead atoms. The quantitative estimate of drug-likeness (QED) is 0.938. The predicted molar refractivity (Wildman–Crippen MR) is 82.8 cm³/mol. The molecule has 3 rings (SSSR count). The third kappa shape index (κ3) is 2.68. The van der Waals surface area contributed by atoms with Crippen molar-refractivity contribution in [3.63, 3.8) is 0 Å². The maximum Gasteiger partial charge on any atom is 0.224 e. The standard InChI is InChI=1S/C17H22N2O2/c1-12(15-10-13-6-3-4-7-14(13)21-15)19(2)16(20)11-17(18)8-5-9-17/h3-4,6-7,10,12H,5,8-9,11,18H2,1-2H3. The second-order valence-electron chi connectivity index (χ2n) is 6.26. The number of fused-ring (bicyclic) bond motifs is 1. The highest BCUT2D eigenvalue weighted by Crippen LogP contribution is 2.34. The van der Waals surface area contributed by atoms with Gasteiger partial charge in [0.05, 0.1) is 6.04 Å². The molecule has 0 spiro atoms. The minimum absolute atomic E-state index is 0.0881. The van der Waals surface area contributed by atoms with E-state index in [0.29, 0.717) is 6.42 Å². The summed E-state index contributed by atoms with van der Waals surface area (Å²) in [4.78, 5) is 14.1. The van der Waals surface area contributed by atoms with Gasteiger partial charge in [0.25, 0.3) is 0 Å². The minimum atomic E-state index is -0.279. The number of carbonyl (C=O) groups is 1. The van der Waals surface area contributed by atoms with Crippen LogP contribution in [0.25, 0.3) is 11.0 Å². The fraction of sp³-hybridized carbons (Fsp3) is 0.471. The van der Waals surface area contributed by atoms with E-state index in [1.807, 2.05) is 44.3 Å². The first-order chi connectivity index (χ1) is 9.98. The lowest BCUT2D eigenvalue weighted by Crippen LogP contribution is -2.50. The Morgan fingerprint density at radius 2 is 2.14 bits per heavy atom. The Morgan fingerprint density at radius 1 is 1.43 bits per heavy atom. The first-order valence-corrected chi connectivity index (χ1v) is 7.52. The number of amides is 1. The molecule has 1 aromatic carbocycles. The van der Waals surface area contributed by atoms with E-state index in [9.17, 15) is 4.79 Å². The fourth-order valence-electron chi connectivity index (χ4n) is 2.85. The fourth-order valence-corrected chi connectivity index (χ4v) is 2.85. The summed E-state index contributed by atoms with van der Waals surface area (Å²) in [6, 6.07) is 9.80. The largest absolute Gasteiger partial charge is 0.459 e. The molecule has 1 saturated carbocycles. The van der Waals surface area contributed by atoms with Crippen molar-refractivity contribution >= 4 is 16.9 Å². The van der Waals surface area contributed by atoms with Gasteiger partial charge in [-0.25, -0.2) is 0 Å². The molecule has 1 aliphatic carbocycles. The van der Waals surface area contributed by atoms with Gasteiger partial charge in [-0.15, -0.1) is 0 Å². The van der Waals surface area contributed by atoms with Crippen LogP contribution in [0.3, 0.4) is 0 Å². The van der Waals surface area contributed by atoms with Gasteiger partial charge < -0.3 is 15.1 Å². The summed E-state index contributed by atoms with van der Waals surface area (Å²) in [5.74, 6) is 0.900. The first kappa shape index (κ1) is 14.1. The van der Waals surface area contributed by atoms with Gasteiger partial charge >= 0.3 is 0 Å². The van der Waals surface area contributed by atoms with Crippen LogP contribution in [0.5, 0.6) is 0 Å². The van der Waals surface area contributed by atoms with Crippen LogP contribution in [0, 0.1) is 0 Å². The van der Waals surface area contributed by atoms with Crippen molar-refractivity contribution < 1.29 is 9.21 Å². The number of nitrogens with zero attached hydrogens (tertiary/aromatic N) is 1. The van der Waals surface area contributed by atoms with Crippen molar-refractivity contribution in [2.24, 2.45) is 5.73 Å². The maximum absolute atomic E-state index is 12.4. The van der Waals surface area contributed by atoms with E-state index in [1.54, 1.807) is 4.90 Å². The molecule has 1 aromatic heterocycles. The van der Waals surface area contributed by atoms with Crippen molar-refractivity contribution in [3.05, 3.63) is 36.1 Å². The summed E-state index contributed by atoms with van der Waals surface area (Å²) in [6.45, 7) is 1.99. The Hall–Kier alpha value is -1.81. The molecule has 4 nitrogen and oxygen atoms in total. The van der Waals surface area contributed by atoms with Crippen molar-refractivity contribution in [2.45, 2.75) is 44.2 Å². The molecular weight excluding hydrogens is 264 g/mol. The van der Waals surface area contributed by atoms with E-state index in [4.69, 9.17) is 10.2 Å². The van der Waals surface area contributed by atoms with E-state index in [0.717, 1.165) is 36.0 Å². The van der Waals surface area contributed by atoms with Crippen LogP contribution in [0.1, 0.15) is 44.4 Å². The third-order valence-electron chi connectivity index (χ3n) is 4.68. The van der Waals surface area contributed by atoms with Crippen molar-refractivity contribution in [1.82, 2.24) is 4.90 Å². The zero-order valence-corrected chi connectivity index (χ0v) is 12.6. The molecule has 1 amide bonds. The molecule has 0 radical (unpaired) electrons. The lowest BCUT2D eigenvalue weighted by atomic mass is 9.75. The highest BCUT2D eigenvalue weighted by Gasteiger charge is 2.36. The van der Waals surface area contributed by atoms with Gasteiger partial charge in [0.15, 0.2) is 0 Å². The summed E-state index contributed by atoms with van der Waals surface area (Å²) in [5, 5.41) is 1.06. The summed E-state index contributed by atoms with van der Waals surface area (Å²) in [7, 11) is 1.82. The zero-order chi connectivity index (χ0) is 15.0. The molecule has 1 heterocycles. The predicted octanol–water partition coefficient (Wildman–Crippen LogP) is 3.22. The van der Waals surface area contributed by atoms with E-state index in [2.05, 4.69) is 0 Å². The molecule has 2 aromatic rings. The van der Waals surface area contributed by atoms with Gasteiger partial charge in [0.1, 0.15) is 11.3 Å². The molecule has 1 atom stereocenters. The van der Waals surface area contributed by atoms with Gasteiger partial charge in [-0.05, 0) is 38.3 Å². The number of rotatable bonds is 4. The summed E-state index contributed by atoms with van der Waals surface area (Å²) < 4.78 is 5.85. The van der Waals surface area contributed by atoms with Crippen LogP contribution in [0.2, 0.25) is 0 Å². The Labute approximate surface area is 124 Å². The van der Waals surface area contributed by atoms with Crippen LogP contribution in [-0.4, -0.2) is 23.4 Å². The van der Waals surface area contributed by atoms with Crippen molar-refractivity contribution in [1.29, 1.82) is 0 Å². The highest BCUT2D eigenvalue weighted by molar-refractivity contribution is 5.79. The Balaban J connectivity index is 1.73. The monoisotopic (exact) mass is 286 g/mol. The molecule has 0 aliphatic heterocycles. The summed E-state index contributed by atoms with van der Waals surface area (Å²) in [5.41, 5.74) is 6.75. The molecule has 0 saturated heterocycles. The SMILES string of the molecule is CC(c1cc2ccccc2o1)N(C)C(=O)CC1(N)CCC1. The maximum atomic E-state index is 12.4. The average Bonchev–Trinajstić information content (AvgIpc) is 2.87. The average molecular weight is 286 g/mol. The first-order valence-electron chi connectivity index (χ1n) is 7.52. The van der Waals surface area contributed by atoms with Crippen LogP contribution in [0.15, 0.2) is 34.7 Å². The van der Waals surface area contributed by atoms with Crippen LogP contribution in [0.4, 0.5) is 0 Å². The molecule has 1 fully saturated rings. The number of benzene rings is 1. The minimum Gasteiger partial charge on any atom is -0.459 e. The lowest BCUT2D eigenvalue weighted by Gasteiger charge is -2.39. The van der Waals surface area contributed by atoms with Gasteiger partial charge in [0.2, 0.25) is 5.91 Å². The second kappa shape index (κ2) is 5.19. The van der Waals surface area contributed by atoms with Crippen LogP contribution >= 0.6 is 0 Å². The third-order valence-corrected chi connectivity index (χ3v) is 4.68. The Bertz CT molecular complexity index is 625. The Morgan fingerprint density at radius 3 is 2.76 bits per heavy atom. The van der Waals surface area contributed by atoms with Crippen molar-refractivity contribution in [3.8, 4) is 0 Å². The van der Waals surface area contributed by atoms with Gasteiger partial charge in [0, 0.05) is 24.4 Å². The van der Waals surface area contributed by atoms with Gasteiger partial charge in [-0.3, -0.25) is 4.79 Å². The van der Waals surface area contributed by atoms with Crippen molar-refractivity contribution in [2.75, 3.05) is 7.05 Å². The van der Waals surface area contributed by atoms with E-state index >= 15 is 0 Å². The smallest absolute Gasteiger partial charge is 0.224 e. The summed E-state index contributed by atoms with van der Waals surface area (Å²) in [6.07, 6.45) is 3.46. The van der Waals surface area contributed by atoms with E-state index in [1.165, 1.54) is 0 Å². The zero-order valence-electron chi connectivity index (χ0n) is 12.6. The Kier molecular flexibility index (Phi) is 3.49. The normalized spacial score (nSPS) is 18.2. The number of para-hydroxylation sites is 1. The number of furan rings is 1. The molecule has 21 heavy (non-hydrogen) atoms. The number of hydrogen-bond donors (Lipinski definition) is 1. The molecule has 2 N–H and O–H groups in total. The lowest BCUT2D eigenvalue weighted by molar-refractivity contribution is -0.134. The van der Waals surface area contributed by atoms with Gasteiger partial charge in [-0.1, -0.05) is 18.2 Å². The molecule has 112 valence electrons. The molecule has 1 aliphatic rings. The number of carbonyl (C=O) groups excluding carboxylic acids is 1. The summed E-state index contributed by atoms with van der Waals surface area (Å²) >= 11 is 0.